The Morgan fingerprint density at radius 3 is 2.47 bits per heavy atom. The summed E-state index contributed by atoms with van der Waals surface area (Å²) >= 11 is 0. The monoisotopic (exact) mass is 283 g/mol. The van der Waals surface area contributed by atoms with Gasteiger partial charge in [0.25, 0.3) is 0 Å². The molecule has 5 nitrogen and oxygen atoms in total. The number of hydrogen-bond acceptors (Lipinski definition) is 4. The van der Waals surface area contributed by atoms with Gasteiger partial charge in [0.15, 0.2) is 0 Å². The fourth-order valence-corrected chi connectivity index (χ4v) is 2.94. The first kappa shape index (κ1) is 14.1. The van der Waals surface area contributed by atoms with E-state index in [9.17, 15) is 8.42 Å². The molecule has 0 aliphatic heterocycles. The highest BCUT2D eigenvalue weighted by Crippen LogP contribution is 2.35. The summed E-state index contributed by atoms with van der Waals surface area (Å²) in [5.41, 5.74) is 6.73. The molecule has 0 bridgehead atoms. The van der Waals surface area contributed by atoms with E-state index in [1.165, 1.54) is 18.9 Å². The van der Waals surface area contributed by atoms with Crippen molar-refractivity contribution in [3.8, 4) is 0 Å². The van der Waals surface area contributed by atoms with Gasteiger partial charge in [-0.1, -0.05) is 0 Å². The molecule has 0 amide bonds. The molecule has 0 radical (unpaired) electrons. The summed E-state index contributed by atoms with van der Waals surface area (Å²) in [6, 6.07) is 5.11. The molecule has 1 saturated carbocycles. The van der Waals surface area contributed by atoms with Gasteiger partial charge in [-0.2, -0.15) is 0 Å². The Labute approximate surface area is 114 Å². The van der Waals surface area contributed by atoms with E-state index in [0.29, 0.717) is 17.3 Å². The predicted molar refractivity (Wildman–Crippen MR) is 77.4 cm³/mol. The zero-order valence-corrected chi connectivity index (χ0v) is 12.2. The van der Waals surface area contributed by atoms with Crippen LogP contribution >= 0.6 is 0 Å². The van der Waals surface area contributed by atoms with Gasteiger partial charge in [0.1, 0.15) is 4.90 Å². The zero-order valence-electron chi connectivity index (χ0n) is 11.3. The minimum absolute atomic E-state index is 0.113. The van der Waals surface area contributed by atoms with E-state index in [1.807, 2.05) is 13.8 Å². The van der Waals surface area contributed by atoms with E-state index in [2.05, 4.69) is 4.90 Å². The van der Waals surface area contributed by atoms with Crippen LogP contribution in [0.3, 0.4) is 0 Å². The van der Waals surface area contributed by atoms with Crippen LogP contribution in [0.4, 0.5) is 11.4 Å². The predicted octanol–water partition coefficient (Wildman–Crippen LogP) is 1.54. The van der Waals surface area contributed by atoms with Gasteiger partial charge in [-0.25, -0.2) is 13.6 Å². The molecule has 2 rings (SSSR count). The summed E-state index contributed by atoms with van der Waals surface area (Å²) in [7, 11) is -3.77. The maximum Gasteiger partial charge on any atom is 0.240 e. The molecule has 4 N–H and O–H groups in total. The number of anilines is 2. The van der Waals surface area contributed by atoms with Gasteiger partial charge >= 0.3 is 0 Å². The Morgan fingerprint density at radius 1 is 1.37 bits per heavy atom. The molecule has 0 aromatic heterocycles. The van der Waals surface area contributed by atoms with Gasteiger partial charge in [-0.15, -0.1) is 0 Å². The fourth-order valence-electron chi connectivity index (χ4n) is 2.16. The highest BCUT2D eigenvalue weighted by molar-refractivity contribution is 7.89. The Hall–Kier alpha value is -1.27. The average molecular weight is 283 g/mol. The van der Waals surface area contributed by atoms with E-state index >= 15 is 0 Å². The van der Waals surface area contributed by atoms with Crippen LogP contribution in [0.2, 0.25) is 0 Å². The van der Waals surface area contributed by atoms with Crippen LogP contribution < -0.4 is 15.8 Å². The van der Waals surface area contributed by atoms with Crippen molar-refractivity contribution in [3.05, 3.63) is 18.2 Å². The number of nitrogens with two attached hydrogens (primary N) is 2. The lowest BCUT2D eigenvalue weighted by atomic mass is 10.2. The SMILES string of the molecule is CC(C)N(CC1CC1)c1ccc(N)cc1S(N)(=O)=O. The third-order valence-electron chi connectivity index (χ3n) is 3.37. The summed E-state index contributed by atoms with van der Waals surface area (Å²) in [5.74, 6) is 0.660. The first-order valence-electron chi connectivity index (χ1n) is 6.48. The lowest BCUT2D eigenvalue weighted by molar-refractivity contribution is 0.594. The maximum absolute atomic E-state index is 11.7. The maximum atomic E-state index is 11.7. The fraction of sp³-hybridized carbons (Fsp3) is 0.538. The second kappa shape index (κ2) is 5.02. The molecule has 1 aromatic rings. The number of hydrogen-bond donors (Lipinski definition) is 2. The Kier molecular flexibility index (Phi) is 3.73. The molecule has 1 aromatic carbocycles. The summed E-state index contributed by atoms with van der Waals surface area (Å²) in [4.78, 5) is 2.21. The van der Waals surface area contributed by atoms with Crippen molar-refractivity contribution in [2.45, 2.75) is 37.6 Å². The van der Waals surface area contributed by atoms with Crippen molar-refractivity contribution in [3.63, 3.8) is 0 Å². The van der Waals surface area contributed by atoms with Gasteiger partial charge in [-0.3, -0.25) is 0 Å². The molecule has 0 unspecified atom stereocenters. The molecule has 106 valence electrons. The van der Waals surface area contributed by atoms with E-state index in [1.54, 1.807) is 12.1 Å². The Bertz CT molecular complexity index is 565. The summed E-state index contributed by atoms with van der Waals surface area (Å²) in [5, 5.41) is 5.30. The first-order valence-corrected chi connectivity index (χ1v) is 8.02. The molecule has 19 heavy (non-hydrogen) atoms. The topological polar surface area (TPSA) is 89.4 Å². The van der Waals surface area contributed by atoms with E-state index in [0.717, 1.165) is 6.54 Å². The Morgan fingerprint density at radius 2 is 2.00 bits per heavy atom. The number of primary sulfonamides is 1. The quantitative estimate of drug-likeness (QED) is 0.802. The van der Waals surface area contributed by atoms with Crippen LogP contribution in [-0.2, 0) is 10.0 Å². The van der Waals surface area contributed by atoms with Gasteiger partial charge in [0.2, 0.25) is 10.0 Å². The van der Waals surface area contributed by atoms with Gasteiger partial charge in [-0.05, 0) is 50.8 Å². The molecule has 0 atom stereocenters. The van der Waals surface area contributed by atoms with Crippen molar-refractivity contribution < 1.29 is 8.42 Å². The van der Waals surface area contributed by atoms with Crippen molar-refractivity contribution in [2.24, 2.45) is 11.1 Å². The van der Waals surface area contributed by atoms with Gasteiger partial charge < -0.3 is 10.6 Å². The second-order valence-electron chi connectivity index (χ2n) is 5.46. The molecule has 6 heteroatoms. The molecule has 1 fully saturated rings. The first-order chi connectivity index (χ1) is 8.79. The highest BCUT2D eigenvalue weighted by Gasteiger charge is 2.28. The van der Waals surface area contributed by atoms with E-state index < -0.39 is 10.0 Å². The number of nitrogens with zero attached hydrogens (tertiary/aromatic N) is 1. The van der Waals surface area contributed by atoms with Crippen LogP contribution in [0.25, 0.3) is 0 Å². The minimum Gasteiger partial charge on any atom is -0.399 e. The van der Waals surface area contributed by atoms with Crippen LogP contribution in [0, 0.1) is 5.92 Å². The van der Waals surface area contributed by atoms with Crippen LogP contribution in [-0.4, -0.2) is 21.0 Å². The molecule has 1 aliphatic rings. The lowest BCUT2D eigenvalue weighted by Crippen LogP contribution is -2.34. The third kappa shape index (κ3) is 3.39. The lowest BCUT2D eigenvalue weighted by Gasteiger charge is -2.30. The van der Waals surface area contributed by atoms with Crippen molar-refractivity contribution in [1.82, 2.24) is 0 Å². The van der Waals surface area contributed by atoms with Crippen molar-refractivity contribution in [2.75, 3.05) is 17.2 Å². The molecular formula is C13H21N3O2S. The van der Waals surface area contributed by atoms with Crippen LogP contribution in [0.5, 0.6) is 0 Å². The molecule has 0 heterocycles. The molecule has 1 aliphatic carbocycles. The number of rotatable bonds is 5. The normalized spacial score (nSPS) is 15.8. The molecular weight excluding hydrogens is 262 g/mol. The van der Waals surface area contributed by atoms with Gasteiger partial charge in [0.05, 0.1) is 5.69 Å². The standard InChI is InChI=1S/C13H21N3O2S/c1-9(2)16(8-10-3-4-10)12-6-5-11(14)7-13(12)19(15,17)18/h5-7,9-10H,3-4,8,14H2,1-2H3,(H2,15,17,18). The molecule has 0 spiro atoms. The summed E-state index contributed by atoms with van der Waals surface area (Å²) < 4.78 is 23.5. The smallest absolute Gasteiger partial charge is 0.240 e. The number of sulfonamides is 1. The Balaban J connectivity index is 2.46. The summed E-state index contributed by atoms with van der Waals surface area (Å²) in [6.45, 7) is 4.96. The van der Waals surface area contributed by atoms with Gasteiger partial charge in [0, 0.05) is 18.3 Å². The second-order valence-corrected chi connectivity index (χ2v) is 6.99. The minimum atomic E-state index is -3.77. The van der Waals surface area contributed by atoms with Crippen LogP contribution in [0.15, 0.2) is 23.1 Å². The highest BCUT2D eigenvalue weighted by atomic mass is 32.2. The van der Waals surface area contributed by atoms with E-state index in [4.69, 9.17) is 10.9 Å². The number of benzene rings is 1. The molecule has 0 saturated heterocycles. The third-order valence-corrected chi connectivity index (χ3v) is 4.32. The summed E-state index contributed by atoms with van der Waals surface area (Å²) in [6.07, 6.45) is 2.42. The van der Waals surface area contributed by atoms with E-state index in [-0.39, 0.29) is 10.9 Å². The zero-order chi connectivity index (χ0) is 14.2. The van der Waals surface area contributed by atoms with Crippen molar-refractivity contribution >= 4 is 21.4 Å². The largest absolute Gasteiger partial charge is 0.399 e. The van der Waals surface area contributed by atoms with Crippen molar-refractivity contribution in [1.29, 1.82) is 0 Å². The van der Waals surface area contributed by atoms with Crippen LogP contribution in [0.1, 0.15) is 26.7 Å². The average Bonchev–Trinajstić information content (AvgIpc) is 3.08. The number of nitrogen functional groups attached to an aromatic ring is 1.